The van der Waals surface area contributed by atoms with Gasteiger partial charge in [-0.05, 0) is 6.42 Å². The van der Waals surface area contributed by atoms with Crippen molar-refractivity contribution in [3.05, 3.63) is 0 Å². The van der Waals surface area contributed by atoms with Crippen LogP contribution in [0, 0.1) is 12.3 Å². The van der Waals surface area contributed by atoms with Gasteiger partial charge in [-0.2, -0.15) is 0 Å². The van der Waals surface area contributed by atoms with E-state index in [0.717, 1.165) is 0 Å². The standard InChI is InChI=1S/C11H14N2O3/c1-3-5-6-10(15)13-7-9(14)12-11(16)8(13)4-2/h1,8H,4-7H2,2H3,(H,12,14,16). The highest BCUT2D eigenvalue weighted by atomic mass is 16.2. The maximum Gasteiger partial charge on any atom is 0.249 e. The van der Waals surface area contributed by atoms with E-state index < -0.39 is 17.9 Å². The average molecular weight is 222 g/mol. The van der Waals surface area contributed by atoms with Crippen LogP contribution in [0.1, 0.15) is 26.2 Å². The van der Waals surface area contributed by atoms with Gasteiger partial charge in [0.15, 0.2) is 0 Å². The van der Waals surface area contributed by atoms with Crippen LogP contribution in [0.3, 0.4) is 0 Å². The van der Waals surface area contributed by atoms with E-state index in [1.54, 1.807) is 6.92 Å². The molecule has 3 amide bonds. The summed E-state index contributed by atoms with van der Waals surface area (Å²) in [5, 5.41) is 2.21. The molecule has 1 aliphatic rings. The van der Waals surface area contributed by atoms with E-state index in [1.807, 2.05) is 0 Å². The Hall–Kier alpha value is -1.83. The van der Waals surface area contributed by atoms with Crippen molar-refractivity contribution < 1.29 is 14.4 Å². The molecule has 0 saturated carbocycles. The Balaban J connectivity index is 2.74. The van der Waals surface area contributed by atoms with Gasteiger partial charge in [-0.3, -0.25) is 19.7 Å². The Morgan fingerprint density at radius 3 is 2.88 bits per heavy atom. The molecule has 1 atom stereocenters. The number of piperazine rings is 1. The smallest absolute Gasteiger partial charge is 0.249 e. The zero-order valence-electron chi connectivity index (χ0n) is 9.16. The number of nitrogens with zero attached hydrogens (tertiary/aromatic N) is 1. The molecular formula is C11H14N2O3. The molecule has 0 radical (unpaired) electrons. The van der Waals surface area contributed by atoms with Crippen LogP contribution < -0.4 is 5.32 Å². The van der Waals surface area contributed by atoms with Gasteiger partial charge in [-0.25, -0.2) is 0 Å². The number of hydrogen-bond acceptors (Lipinski definition) is 3. The van der Waals surface area contributed by atoms with E-state index in [1.165, 1.54) is 4.90 Å². The second-order valence-corrected chi connectivity index (χ2v) is 3.56. The summed E-state index contributed by atoms with van der Waals surface area (Å²) in [6, 6.07) is -0.553. The highest BCUT2D eigenvalue weighted by Gasteiger charge is 2.34. The van der Waals surface area contributed by atoms with Crippen LogP contribution >= 0.6 is 0 Å². The molecule has 16 heavy (non-hydrogen) atoms. The molecule has 0 spiro atoms. The molecule has 0 aliphatic carbocycles. The van der Waals surface area contributed by atoms with Crippen LogP contribution in [0.25, 0.3) is 0 Å². The Kier molecular flexibility index (Phi) is 4.06. The average Bonchev–Trinajstić information content (AvgIpc) is 2.24. The first-order valence-corrected chi connectivity index (χ1v) is 5.16. The minimum absolute atomic E-state index is 0.0619. The third-order valence-electron chi connectivity index (χ3n) is 2.45. The van der Waals surface area contributed by atoms with E-state index in [4.69, 9.17) is 6.42 Å². The minimum Gasteiger partial charge on any atom is -0.321 e. The molecule has 1 N–H and O–H groups in total. The van der Waals surface area contributed by atoms with Gasteiger partial charge >= 0.3 is 0 Å². The zero-order valence-corrected chi connectivity index (χ0v) is 9.16. The molecule has 0 aromatic carbocycles. The van der Waals surface area contributed by atoms with E-state index in [-0.39, 0.29) is 18.9 Å². The first-order valence-electron chi connectivity index (χ1n) is 5.16. The Bertz CT molecular complexity index is 357. The molecule has 86 valence electrons. The normalized spacial score (nSPS) is 20.2. The number of terminal acetylenes is 1. The van der Waals surface area contributed by atoms with Crippen molar-refractivity contribution in [2.45, 2.75) is 32.2 Å². The van der Waals surface area contributed by atoms with Crippen molar-refractivity contribution in [1.82, 2.24) is 10.2 Å². The number of amides is 3. The van der Waals surface area contributed by atoms with E-state index in [2.05, 4.69) is 11.2 Å². The maximum absolute atomic E-state index is 11.7. The second-order valence-electron chi connectivity index (χ2n) is 3.56. The fourth-order valence-corrected chi connectivity index (χ4v) is 1.66. The summed E-state index contributed by atoms with van der Waals surface area (Å²) in [5.41, 5.74) is 0. The van der Waals surface area contributed by atoms with Crippen LogP contribution in [-0.2, 0) is 14.4 Å². The summed E-state index contributed by atoms with van der Waals surface area (Å²) in [7, 11) is 0. The first-order chi connectivity index (χ1) is 7.60. The molecule has 5 nitrogen and oxygen atoms in total. The van der Waals surface area contributed by atoms with Gasteiger partial charge in [0.2, 0.25) is 17.7 Å². The lowest BCUT2D eigenvalue weighted by Crippen LogP contribution is -2.59. The number of carbonyl (C=O) groups is 3. The predicted octanol–water partition coefficient (Wildman–Crippen LogP) is -0.337. The quantitative estimate of drug-likeness (QED) is 0.525. The fourth-order valence-electron chi connectivity index (χ4n) is 1.66. The van der Waals surface area contributed by atoms with Crippen molar-refractivity contribution in [3.63, 3.8) is 0 Å². The third kappa shape index (κ3) is 2.60. The predicted molar refractivity (Wildman–Crippen MR) is 57.0 cm³/mol. The van der Waals surface area contributed by atoms with Crippen molar-refractivity contribution in [2.75, 3.05) is 6.54 Å². The van der Waals surface area contributed by atoms with Crippen molar-refractivity contribution in [3.8, 4) is 12.3 Å². The highest BCUT2D eigenvalue weighted by Crippen LogP contribution is 2.11. The highest BCUT2D eigenvalue weighted by molar-refractivity contribution is 6.04. The lowest BCUT2D eigenvalue weighted by molar-refractivity contribution is -0.150. The largest absolute Gasteiger partial charge is 0.321 e. The SMILES string of the molecule is C#CCCC(=O)N1CC(=O)NC(=O)C1CC. The number of carbonyl (C=O) groups excluding carboxylic acids is 3. The second kappa shape index (κ2) is 5.31. The zero-order chi connectivity index (χ0) is 12.1. The summed E-state index contributed by atoms with van der Waals surface area (Å²) in [6.45, 7) is 1.73. The number of rotatable bonds is 3. The monoisotopic (exact) mass is 222 g/mol. The number of hydrogen-bond donors (Lipinski definition) is 1. The summed E-state index contributed by atoms with van der Waals surface area (Å²) in [5.74, 6) is 1.27. The van der Waals surface area contributed by atoms with Crippen LogP contribution in [0.4, 0.5) is 0 Å². The van der Waals surface area contributed by atoms with Crippen LogP contribution in [0.5, 0.6) is 0 Å². The van der Waals surface area contributed by atoms with Gasteiger partial charge in [0.05, 0.1) is 0 Å². The molecule has 1 rings (SSSR count). The molecule has 1 fully saturated rings. The van der Waals surface area contributed by atoms with Gasteiger partial charge in [-0.15, -0.1) is 12.3 Å². The van der Waals surface area contributed by atoms with Crippen LogP contribution in [0.15, 0.2) is 0 Å². The van der Waals surface area contributed by atoms with Crippen molar-refractivity contribution in [1.29, 1.82) is 0 Å². The molecule has 0 bridgehead atoms. The molecule has 1 saturated heterocycles. The number of nitrogens with one attached hydrogen (secondary N) is 1. The van der Waals surface area contributed by atoms with Gasteiger partial charge in [0, 0.05) is 12.8 Å². The third-order valence-corrected chi connectivity index (χ3v) is 2.45. The Labute approximate surface area is 94.2 Å². The fraction of sp³-hybridized carbons (Fsp3) is 0.545. The molecule has 5 heteroatoms. The summed E-state index contributed by atoms with van der Waals surface area (Å²) >= 11 is 0. The van der Waals surface area contributed by atoms with Gasteiger partial charge < -0.3 is 4.90 Å². The maximum atomic E-state index is 11.7. The molecule has 1 unspecified atom stereocenters. The minimum atomic E-state index is -0.553. The van der Waals surface area contributed by atoms with Crippen molar-refractivity contribution in [2.24, 2.45) is 0 Å². The molecule has 0 aromatic rings. The molecule has 1 aliphatic heterocycles. The van der Waals surface area contributed by atoms with Gasteiger partial charge in [0.25, 0.3) is 0 Å². The molecule has 0 aromatic heterocycles. The topological polar surface area (TPSA) is 66.5 Å². The van der Waals surface area contributed by atoms with Crippen molar-refractivity contribution >= 4 is 17.7 Å². The van der Waals surface area contributed by atoms with Gasteiger partial charge in [0.1, 0.15) is 12.6 Å². The lowest BCUT2D eigenvalue weighted by atomic mass is 10.1. The van der Waals surface area contributed by atoms with Gasteiger partial charge in [-0.1, -0.05) is 6.92 Å². The molecular weight excluding hydrogens is 208 g/mol. The molecule has 1 heterocycles. The summed E-state index contributed by atoms with van der Waals surface area (Å²) < 4.78 is 0. The van der Waals surface area contributed by atoms with Crippen LogP contribution in [-0.4, -0.2) is 35.2 Å². The van der Waals surface area contributed by atoms with E-state index in [9.17, 15) is 14.4 Å². The summed E-state index contributed by atoms with van der Waals surface area (Å²) in [6.07, 6.45) is 6.04. The Morgan fingerprint density at radius 2 is 2.31 bits per heavy atom. The first kappa shape index (κ1) is 12.2. The summed E-state index contributed by atoms with van der Waals surface area (Å²) in [4.78, 5) is 35.6. The Morgan fingerprint density at radius 1 is 1.62 bits per heavy atom. The number of imide groups is 1. The van der Waals surface area contributed by atoms with E-state index >= 15 is 0 Å². The van der Waals surface area contributed by atoms with E-state index in [0.29, 0.717) is 12.8 Å². The lowest BCUT2D eigenvalue weighted by Gasteiger charge is -2.33. The van der Waals surface area contributed by atoms with Crippen LogP contribution in [0.2, 0.25) is 0 Å².